The highest BCUT2D eigenvalue weighted by Gasteiger charge is 2.09. The number of hydrogen-bond donors (Lipinski definition) is 3. The molecule has 1 aromatic carbocycles. The van der Waals surface area contributed by atoms with Crippen molar-refractivity contribution in [2.75, 3.05) is 18.5 Å². The lowest BCUT2D eigenvalue weighted by Crippen LogP contribution is -2.31. The van der Waals surface area contributed by atoms with E-state index < -0.39 is 25.2 Å². The Bertz CT molecular complexity index is 428. The molecule has 0 saturated heterocycles. The summed E-state index contributed by atoms with van der Waals surface area (Å²) in [4.78, 5) is 11.6. The average Bonchev–Trinajstić information content (AvgIpc) is 2.37. The van der Waals surface area contributed by atoms with Crippen LogP contribution in [0.4, 0.5) is 19.3 Å². The fourth-order valence-corrected chi connectivity index (χ4v) is 1.41. The fourth-order valence-electron chi connectivity index (χ4n) is 1.41. The molecule has 0 heterocycles. The van der Waals surface area contributed by atoms with Crippen molar-refractivity contribution in [3.63, 3.8) is 0 Å². The van der Waals surface area contributed by atoms with E-state index in [-0.39, 0.29) is 5.75 Å². The third-order valence-corrected chi connectivity index (χ3v) is 2.35. The second-order valence-electron chi connectivity index (χ2n) is 4.22. The van der Waals surface area contributed by atoms with Crippen LogP contribution in [0.15, 0.2) is 24.3 Å². The zero-order valence-electron chi connectivity index (χ0n) is 11.1. The number of carbonyl (C=O) groups is 1. The number of alkyl halides is 2. The van der Waals surface area contributed by atoms with Gasteiger partial charge in [0.25, 0.3) is 6.43 Å². The van der Waals surface area contributed by atoms with Crippen LogP contribution in [0.25, 0.3) is 0 Å². The quantitative estimate of drug-likeness (QED) is 0.720. The Morgan fingerprint density at radius 1 is 1.40 bits per heavy atom. The summed E-state index contributed by atoms with van der Waals surface area (Å²) in [5.74, 6) is 0.179. The molecule has 3 N–H and O–H groups in total. The molecule has 0 radical (unpaired) electrons. The number of aliphatic hydroxyl groups is 1. The van der Waals surface area contributed by atoms with Crippen LogP contribution in [0.2, 0.25) is 0 Å². The predicted octanol–water partition coefficient (Wildman–Crippen LogP) is 2.22. The lowest BCUT2D eigenvalue weighted by molar-refractivity contribution is 0.0823. The molecule has 20 heavy (non-hydrogen) atoms. The Morgan fingerprint density at radius 2 is 2.10 bits per heavy atom. The van der Waals surface area contributed by atoms with Crippen molar-refractivity contribution in [1.82, 2.24) is 5.32 Å². The summed E-state index contributed by atoms with van der Waals surface area (Å²) >= 11 is 0. The number of halogens is 2. The zero-order valence-corrected chi connectivity index (χ0v) is 11.1. The largest absolute Gasteiger partial charge is 0.485 e. The van der Waals surface area contributed by atoms with Crippen molar-refractivity contribution in [2.45, 2.75) is 25.9 Å². The summed E-state index contributed by atoms with van der Waals surface area (Å²) in [6.45, 7) is 1.19. The molecule has 0 aliphatic heterocycles. The van der Waals surface area contributed by atoms with Crippen LogP contribution in [-0.2, 0) is 0 Å². The van der Waals surface area contributed by atoms with Gasteiger partial charge in [-0.1, -0.05) is 12.1 Å². The van der Waals surface area contributed by atoms with Gasteiger partial charge in [-0.3, -0.25) is 0 Å². The molecule has 2 amide bonds. The first-order valence-corrected chi connectivity index (χ1v) is 6.22. The number of anilines is 1. The van der Waals surface area contributed by atoms with E-state index in [0.29, 0.717) is 18.7 Å². The average molecular weight is 288 g/mol. The van der Waals surface area contributed by atoms with Gasteiger partial charge in [-0.05, 0) is 25.5 Å². The summed E-state index contributed by atoms with van der Waals surface area (Å²) in [7, 11) is 0. The number of ether oxygens (including phenoxy) is 1. The van der Waals surface area contributed by atoms with Crippen LogP contribution < -0.4 is 15.4 Å². The van der Waals surface area contributed by atoms with Crippen molar-refractivity contribution in [3.8, 4) is 5.75 Å². The van der Waals surface area contributed by atoms with E-state index in [1.165, 1.54) is 6.07 Å². The van der Waals surface area contributed by atoms with Crippen molar-refractivity contribution < 1.29 is 23.4 Å². The maximum absolute atomic E-state index is 12.1. The van der Waals surface area contributed by atoms with E-state index in [4.69, 9.17) is 9.84 Å². The topological polar surface area (TPSA) is 70.6 Å². The Hall–Kier alpha value is -1.89. The number of hydrogen-bond acceptors (Lipinski definition) is 3. The first-order chi connectivity index (χ1) is 9.49. The molecule has 1 aromatic rings. The van der Waals surface area contributed by atoms with Gasteiger partial charge >= 0.3 is 6.03 Å². The summed E-state index contributed by atoms with van der Waals surface area (Å²) < 4.78 is 29.1. The number of para-hydroxylation sites is 2. The number of urea groups is 1. The minimum Gasteiger partial charge on any atom is -0.485 e. The number of amides is 2. The van der Waals surface area contributed by atoms with Crippen LogP contribution >= 0.6 is 0 Å². The SMILES string of the molecule is CC(O)CCNC(=O)Nc1ccccc1OCC(F)F. The predicted molar refractivity (Wildman–Crippen MR) is 71.3 cm³/mol. The summed E-state index contributed by atoms with van der Waals surface area (Å²) in [6, 6.07) is 5.83. The Labute approximate surface area is 115 Å². The number of nitrogens with one attached hydrogen (secondary N) is 2. The van der Waals surface area contributed by atoms with Crippen LogP contribution in [0.3, 0.4) is 0 Å². The van der Waals surface area contributed by atoms with Crippen LogP contribution in [-0.4, -0.2) is 36.8 Å². The molecule has 7 heteroatoms. The Morgan fingerprint density at radius 3 is 2.75 bits per heavy atom. The van der Waals surface area contributed by atoms with Gasteiger partial charge in [0.15, 0.2) is 0 Å². The highest BCUT2D eigenvalue weighted by Crippen LogP contribution is 2.23. The molecule has 0 aliphatic rings. The first-order valence-electron chi connectivity index (χ1n) is 6.22. The highest BCUT2D eigenvalue weighted by atomic mass is 19.3. The number of benzene rings is 1. The van der Waals surface area contributed by atoms with E-state index in [1.807, 2.05) is 0 Å². The summed E-state index contributed by atoms with van der Waals surface area (Å²) in [5, 5.41) is 14.1. The smallest absolute Gasteiger partial charge is 0.319 e. The van der Waals surface area contributed by atoms with Gasteiger partial charge in [0.05, 0.1) is 11.8 Å². The molecule has 0 saturated carbocycles. The van der Waals surface area contributed by atoms with Gasteiger partial charge in [0.1, 0.15) is 12.4 Å². The minimum atomic E-state index is -2.58. The maximum atomic E-state index is 12.1. The lowest BCUT2D eigenvalue weighted by atomic mass is 10.3. The summed E-state index contributed by atoms with van der Waals surface area (Å²) in [6.07, 6.45) is -2.66. The molecule has 0 fully saturated rings. The lowest BCUT2D eigenvalue weighted by Gasteiger charge is -2.13. The van der Waals surface area contributed by atoms with E-state index >= 15 is 0 Å². The number of aliphatic hydroxyl groups excluding tert-OH is 1. The fraction of sp³-hybridized carbons (Fsp3) is 0.462. The molecule has 112 valence electrons. The van der Waals surface area contributed by atoms with Gasteiger partial charge in [-0.25, -0.2) is 13.6 Å². The Balaban J connectivity index is 2.51. The number of carbonyl (C=O) groups excluding carboxylic acids is 1. The molecule has 0 aromatic heterocycles. The molecule has 1 atom stereocenters. The molecular weight excluding hydrogens is 270 g/mol. The van der Waals surface area contributed by atoms with Gasteiger partial charge in [0, 0.05) is 6.54 Å². The van der Waals surface area contributed by atoms with Gasteiger partial charge < -0.3 is 20.5 Å². The van der Waals surface area contributed by atoms with Crippen molar-refractivity contribution in [2.24, 2.45) is 0 Å². The van der Waals surface area contributed by atoms with Crippen LogP contribution in [0, 0.1) is 0 Å². The van der Waals surface area contributed by atoms with E-state index in [9.17, 15) is 13.6 Å². The van der Waals surface area contributed by atoms with Gasteiger partial charge in [-0.15, -0.1) is 0 Å². The molecule has 0 bridgehead atoms. The highest BCUT2D eigenvalue weighted by molar-refractivity contribution is 5.90. The maximum Gasteiger partial charge on any atom is 0.319 e. The van der Waals surface area contributed by atoms with E-state index in [1.54, 1.807) is 25.1 Å². The number of rotatable bonds is 7. The van der Waals surface area contributed by atoms with Crippen molar-refractivity contribution in [3.05, 3.63) is 24.3 Å². The first kappa shape index (κ1) is 16.2. The molecule has 0 spiro atoms. The second kappa shape index (κ2) is 8.31. The third-order valence-electron chi connectivity index (χ3n) is 2.35. The summed E-state index contributed by atoms with van der Waals surface area (Å²) in [5.41, 5.74) is 0.308. The van der Waals surface area contributed by atoms with Crippen molar-refractivity contribution >= 4 is 11.7 Å². The van der Waals surface area contributed by atoms with Gasteiger partial charge in [0.2, 0.25) is 0 Å². The van der Waals surface area contributed by atoms with Crippen LogP contribution in [0.5, 0.6) is 5.75 Å². The van der Waals surface area contributed by atoms with Crippen LogP contribution in [0.1, 0.15) is 13.3 Å². The second-order valence-corrected chi connectivity index (χ2v) is 4.22. The Kier molecular flexibility index (Phi) is 6.72. The van der Waals surface area contributed by atoms with Gasteiger partial charge in [-0.2, -0.15) is 0 Å². The third kappa shape index (κ3) is 6.33. The normalized spacial score (nSPS) is 12.1. The van der Waals surface area contributed by atoms with E-state index in [2.05, 4.69) is 10.6 Å². The minimum absolute atomic E-state index is 0.179. The standard InChI is InChI=1S/C13H18F2N2O3/c1-9(18)6-7-16-13(19)17-10-4-2-3-5-11(10)20-8-12(14)15/h2-5,9,12,18H,6-8H2,1H3,(H2,16,17,19). The van der Waals surface area contributed by atoms with E-state index in [0.717, 1.165) is 0 Å². The molecule has 5 nitrogen and oxygen atoms in total. The monoisotopic (exact) mass is 288 g/mol. The zero-order chi connectivity index (χ0) is 15.0. The molecular formula is C13H18F2N2O3. The molecule has 1 unspecified atom stereocenters. The molecule has 1 rings (SSSR count). The molecule has 0 aliphatic carbocycles. The van der Waals surface area contributed by atoms with Crippen molar-refractivity contribution in [1.29, 1.82) is 0 Å².